The van der Waals surface area contributed by atoms with Crippen LogP contribution in [0.25, 0.3) is 16.8 Å². The number of methoxy groups -OCH3 is 1. The molecule has 0 atom stereocenters. The molecule has 1 aliphatic heterocycles. The second-order valence-electron chi connectivity index (χ2n) is 7.82. The lowest BCUT2D eigenvalue weighted by Crippen LogP contribution is -2.49. The van der Waals surface area contributed by atoms with Gasteiger partial charge in [0.2, 0.25) is 0 Å². The van der Waals surface area contributed by atoms with E-state index < -0.39 is 0 Å². The van der Waals surface area contributed by atoms with Gasteiger partial charge in [0, 0.05) is 37.9 Å². The van der Waals surface area contributed by atoms with E-state index in [0.717, 1.165) is 5.82 Å². The molecule has 164 valence electrons. The summed E-state index contributed by atoms with van der Waals surface area (Å²) >= 11 is 0. The summed E-state index contributed by atoms with van der Waals surface area (Å²) in [5.74, 6) is 1.03. The van der Waals surface area contributed by atoms with Crippen LogP contribution >= 0.6 is 0 Å². The van der Waals surface area contributed by atoms with E-state index in [4.69, 9.17) is 14.5 Å². The number of benzene rings is 1. The summed E-state index contributed by atoms with van der Waals surface area (Å²) in [6.45, 7) is 7.77. The van der Waals surface area contributed by atoms with Gasteiger partial charge in [-0.15, -0.1) is 0 Å². The smallest absolute Gasteiger partial charge is 0.410 e. The first-order valence-electron chi connectivity index (χ1n) is 10.3. The van der Waals surface area contributed by atoms with Crippen molar-refractivity contribution < 1.29 is 18.7 Å². The fraction of sp³-hybridized carbons (Fsp3) is 0.409. The van der Waals surface area contributed by atoms with E-state index in [1.54, 1.807) is 35.7 Å². The molecule has 0 N–H and O–H groups in total. The van der Waals surface area contributed by atoms with Gasteiger partial charge in [0.25, 0.3) is 0 Å². The summed E-state index contributed by atoms with van der Waals surface area (Å²) in [6.07, 6.45) is 3.07. The Morgan fingerprint density at radius 2 is 1.90 bits per heavy atom. The summed E-state index contributed by atoms with van der Waals surface area (Å²) in [4.78, 5) is 20.7. The highest BCUT2D eigenvalue weighted by Crippen LogP contribution is 2.34. The molecule has 1 amide bonds. The van der Waals surface area contributed by atoms with E-state index in [1.165, 1.54) is 6.07 Å². The highest BCUT2D eigenvalue weighted by Gasteiger charge is 2.24. The molecule has 0 aliphatic carbocycles. The number of aromatic nitrogens is 3. The molecule has 8 nitrogen and oxygen atoms in total. The minimum absolute atomic E-state index is 0.140. The molecule has 0 spiro atoms. The molecule has 3 aromatic rings. The maximum atomic E-state index is 14.3. The third-order valence-electron chi connectivity index (χ3n) is 5.32. The van der Waals surface area contributed by atoms with Crippen molar-refractivity contribution in [1.82, 2.24) is 19.5 Å². The second-order valence-corrected chi connectivity index (χ2v) is 7.82. The van der Waals surface area contributed by atoms with Gasteiger partial charge in [-0.3, -0.25) is 0 Å². The number of carbonyl (C=O) groups is 1. The molecule has 3 heterocycles. The van der Waals surface area contributed by atoms with Gasteiger partial charge in [0.05, 0.1) is 25.0 Å². The molecule has 0 radical (unpaired) electrons. The van der Waals surface area contributed by atoms with Gasteiger partial charge in [0.15, 0.2) is 5.65 Å². The van der Waals surface area contributed by atoms with Gasteiger partial charge in [-0.25, -0.2) is 18.7 Å². The summed E-state index contributed by atoms with van der Waals surface area (Å²) in [5.41, 5.74) is 2.42. The molecule has 1 saturated heterocycles. The minimum Gasteiger partial charge on any atom is -0.496 e. The monoisotopic (exact) mass is 427 g/mol. The number of ether oxygens (including phenoxy) is 2. The third kappa shape index (κ3) is 4.12. The summed E-state index contributed by atoms with van der Waals surface area (Å²) in [7, 11) is 1.56. The molecule has 2 aromatic heterocycles. The molecule has 1 aromatic carbocycles. The van der Waals surface area contributed by atoms with E-state index in [9.17, 15) is 9.18 Å². The first-order valence-corrected chi connectivity index (χ1v) is 10.3. The summed E-state index contributed by atoms with van der Waals surface area (Å²) in [5, 5.41) is 4.36. The van der Waals surface area contributed by atoms with Crippen molar-refractivity contribution in [2.75, 3.05) is 38.2 Å². The van der Waals surface area contributed by atoms with Crippen LogP contribution in [0.4, 0.5) is 15.0 Å². The van der Waals surface area contributed by atoms with Crippen molar-refractivity contribution in [3.8, 4) is 16.9 Å². The van der Waals surface area contributed by atoms with Crippen molar-refractivity contribution in [2.24, 2.45) is 0 Å². The number of hydrogen-bond donors (Lipinski definition) is 0. The average molecular weight is 427 g/mol. The topological polar surface area (TPSA) is 72.2 Å². The lowest BCUT2D eigenvalue weighted by atomic mass is 10.0. The standard InChI is InChI=1S/C22H26FN5O3/c1-14(2)31-22(29)27-9-7-26(8-10-27)20-5-6-28-21(25-20)17(13-24-28)16-12-18(23)15(3)11-19(16)30-4/h5-6,11-14H,7-10H2,1-4H3. The maximum absolute atomic E-state index is 14.3. The Morgan fingerprint density at radius 3 is 2.58 bits per heavy atom. The molecule has 4 rings (SSSR count). The lowest BCUT2D eigenvalue weighted by molar-refractivity contribution is 0.0751. The number of rotatable bonds is 4. The zero-order valence-corrected chi connectivity index (χ0v) is 18.1. The fourth-order valence-electron chi connectivity index (χ4n) is 3.65. The lowest BCUT2D eigenvalue weighted by Gasteiger charge is -2.35. The van der Waals surface area contributed by atoms with Crippen LogP contribution in [0.3, 0.4) is 0 Å². The zero-order chi connectivity index (χ0) is 22.1. The van der Waals surface area contributed by atoms with Crippen LogP contribution in [0, 0.1) is 12.7 Å². The summed E-state index contributed by atoms with van der Waals surface area (Å²) in [6, 6.07) is 5.02. The molecule has 1 fully saturated rings. The van der Waals surface area contributed by atoms with Crippen molar-refractivity contribution >= 4 is 17.6 Å². The SMILES string of the molecule is COc1cc(C)c(F)cc1-c1cnn2ccc(N3CCN(C(=O)OC(C)C)CC3)nc12. The Hall–Kier alpha value is -3.36. The van der Waals surface area contributed by atoms with Crippen LogP contribution in [-0.4, -0.2) is 65.0 Å². The van der Waals surface area contributed by atoms with Crippen LogP contribution in [0.15, 0.2) is 30.6 Å². The maximum Gasteiger partial charge on any atom is 0.410 e. The highest BCUT2D eigenvalue weighted by molar-refractivity contribution is 5.82. The predicted octanol–water partition coefficient (Wildman–Crippen LogP) is 3.52. The molecule has 0 saturated carbocycles. The number of piperazine rings is 1. The van der Waals surface area contributed by atoms with E-state index in [2.05, 4.69) is 10.00 Å². The third-order valence-corrected chi connectivity index (χ3v) is 5.32. The van der Waals surface area contributed by atoms with E-state index >= 15 is 0 Å². The van der Waals surface area contributed by atoms with Crippen LogP contribution < -0.4 is 9.64 Å². The van der Waals surface area contributed by atoms with Gasteiger partial charge in [-0.1, -0.05) is 0 Å². The number of fused-ring (bicyclic) bond motifs is 1. The molecule has 9 heteroatoms. The average Bonchev–Trinajstić information content (AvgIpc) is 3.18. The molecular weight excluding hydrogens is 401 g/mol. The Kier molecular flexibility index (Phi) is 5.67. The molecule has 31 heavy (non-hydrogen) atoms. The van der Waals surface area contributed by atoms with E-state index in [-0.39, 0.29) is 18.0 Å². The Balaban J connectivity index is 1.60. The Morgan fingerprint density at radius 1 is 1.16 bits per heavy atom. The van der Waals surface area contributed by atoms with Gasteiger partial charge < -0.3 is 19.3 Å². The van der Waals surface area contributed by atoms with E-state index in [1.807, 2.05) is 26.1 Å². The normalized spacial score (nSPS) is 14.4. The zero-order valence-electron chi connectivity index (χ0n) is 18.1. The molecule has 0 bridgehead atoms. The molecule has 0 unspecified atom stereocenters. The van der Waals surface area contributed by atoms with Crippen LogP contribution in [0.5, 0.6) is 5.75 Å². The van der Waals surface area contributed by atoms with Crippen molar-refractivity contribution in [2.45, 2.75) is 26.9 Å². The number of carbonyl (C=O) groups excluding carboxylic acids is 1. The molecule has 1 aliphatic rings. The summed E-state index contributed by atoms with van der Waals surface area (Å²) < 4.78 is 26.7. The van der Waals surface area contributed by atoms with Gasteiger partial charge in [0.1, 0.15) is 17.4 Å². The number of aryl methyl sites for hydroxylation is 1. The fourth-order valence-corrected chi connectivity index (χ4v) is 3.65. The largest absolute Gasteiger partial charge is 0.496 e. The molecular formula is C22H26FN5O3. The Bertz CT molecular complexity index is 1110. The van der Waals surface area contributed by atoms with Crippen molar-refractivity contribution in [3.05, 3.63) is 42.0 Å². The highest BCUT2D eigenvalue weighted by atomic mass is 19.1. The van der Waals surface area contributed by atoms with Gasteiger partial charge in [-0.05, 0) is 44.5 Å². The first kappa shape index (κ1) is 20.9. The van der Waals surface area contributed by atoms with Crippen molar-refractivity contribution in [3.63, 3.8) is 0 Å². The van der Waals surface area contributed by atoms with Crippen molar-refractivity contribution in [1.29, 1.82) is 0 Å². The number of hydrogen-bond acceptors (Lipinski definition) is 6. The second kappa shape index (κ2) is 8.41. The van der Waals surface area contributed by atoms with Gasteiger partial charge >= 0.3 is 6.09 Å². The number of anilines is 1. The quantitative estimate of drug-likeness (QED) is 0.635. The number of amides is 1. The number of nitrogens with zero attached hydrogens (tertiary/aromatic N) is 5. The van der Waals surface area contributed by atoms with Crippen LogP contribution in [0.1, 0.15) is 19.4 Å². The minimum atomic E-state index is -0.310. The predicted molar refractivity (Wildman–Crippen MR) is 115 cm³/mol. The first-order chi connectivity index (χ1) is 14.9. The van der Waals surface area contributed by atoms with Gasteiger partial charge in [-0.2, -0.15) is 5.10 Å². The van der Waals surface area contributed by atoms with Crippen LogP contribution in [-0.2, 0) is 4.74 Å². The van der Waals surface area contributed by atoms with E-state index in [0.29, 0.717) is 54.3 Å². The Labute approximate surface area is 180 Å². The van der Waals surface area contributed by atoms with Crippen LogP contribution in [0.2, 0.25) is 0 Å². The number of halogens is 1.